The number of aryl methyl sites for hydroxylation is 1. The summed E-state index contributed by atoms with van der Waals surface area (Å²) in [4.78, 5) is 21.3. The lowest BCUT2D eigenvalue weighted by atomic mass is 10.1. The molecule has 0 aliphatic rings. The molecule has 144 valence electrons. The van der Waals surface area contributed by atoms with Crippen LogP contribution in [0.5, 0.6) is 0 Å². The Labute approximate surface area is 168 Å². The summed E-state index contributed by atoms with van der Waals surface area (Å²) >= 11 is 7.07. The number of hydrogen-bond donors (Lipinski definition) is 0. The van der Waals surface area contributed by atoms with Crippen molar-refractivity contribution in [2.45, 2.75) is 17.3 Å². The van der Waals surface area contributed by atoms with Gasteiger partial charge in [0.15, 0.2) is 5.16 Å². The van der Waals surface area contributed by atoms with Gasteiger partial charge < -0.3 is 0 Å². The molecule has 0 aliphatic heterocycles. The van der Waals surface area contributed by atoms with Gasteiger partial charge in [-0.3, -0.25) is 24.8 Å². The van der Waals surface area contributed by atoms with E-state index in [1.54, 1.807) is 41.8 Å². The number of rotatable bonds is 7. The molecule has 1 aromatic heterocycles. The first kappa shape index (κ1) is 19.8. The van der Waals surface area contributed by atoms with E-state index in [-0.39, 0.29) is 5.69 Å². The number of benzene rings is 2. The van der Waals surface area contributed by atoms with Gasteiger partial charge in [-0.2, -0.15) is 0 Å². The molecule has 3 rings (SSSR count). The maximum Gasteiger partial charge on any atom is 0.269 e. The standard InChI is InChI=1S/C17H14ClN5O4S/c1-11-19-20-17(22(11)14-7-5-13(18)6-8-14)28-16(10-21(24)25)12-3-2-4-15(9-12)23(26)27/h2-9,16H,10H2,1H3/t16-/m1/s1. The third-order valence-electron chi connectivity index (χ3n) is 3.90. The maximum absolute atomic E-state index is 11.2. The highest BCUT2D eigenvalue weighted by Crippen LogP contribution is 2.37. The molecule has 0 spiro atoms. The number of nitrogens with zero attached hydrogens (tertiary/aromatic N) is 5. The summed E-state index contributed by atoms with van der Waals surface area (Å²) in [6, 6.07) is 12.9. The van der Waals surface area contributed by atoms with Crippen LogP contribution in [0.1, 0.15) is 16.6 Å². The molecule has 0 aliphatic carbocycles. The zero-order chi connectivity index (χ0) is 20.3. The van der Waals surface area contributed by atoms with Crippen molar-refractivity contribution in [3.05, 3.63) is 85.2 Å². The van der Waals surface area contributed by atoms with E-state index in [1.165, 1.54) is 18.2 Å². The molecule has 11 heteroatoms. The van der Waals surface area contributed by atoms with Crippen molar-refractivity contribution < 1.29 is 9.85 Å². The topological polar surface area (TPSA) is 117 Å². The summed E-state index contributed by atoms with van der Waals surface area (Å²) in [5, 5.41) is 30.8. The summed E-state index contributed by atoms with van der Waals surface area (Å²) in [7, 11) is 0. The number of nitro benzene ring substituents is 1. The van der Waals surface area contributed by atoms with Gasteiger partial charge in [0, 0.05) is 27.8 Å². The molecule has 0 saturated carbocycles. The lowest BCUT2D eigenvalue weighted by Crippen LogP contribution is -2.11. The van der Waals surface area contributed by atoms with Gasteiger partial charge >= 0.3 is 0 Å². The average Bonchev–Trinajstić information content (AvgIpc) is 3.02. The van der Waals surface area contributed by atoms with Crippen LogP contribution in [0, 0.1) is 27.2 Å². The predicted octanol–water partition coefficient (Wildman–Crippen LogP) is 4.25. The number of aromatic nitrogens is 3. The van der Waals surface area contributed by atoms with E-state index in [0.29, 0.717) is 21.6 Å². The highest BCUT2D eigenvalue weighted by molar-refractivity contribution is 7.99. The first-order chi connectivity index (χ1) is 13.3. The van der Waals surface area contributed by atoms with Crippen molar-refractivity contribution in [1.29, 1.82) is 0 Å². The van der Waals surface area contributed by atoms with Crippen LogP contribution in [0.4, 0.5) is 5.69 Å². The Morgan fingerprint density at radius 3 is 2.50 bits per heavy atom. The highest BCUT2D eigenvalue weighted by Gasteiger charge is 2.25. The lowest BCUT2D eigenvalue weighted by Gasteiger charge is -2.14. The fourth-order valence-corrected chi connectivity index (χ4v) is 3.91. The molecule has 0 unspecified atom stereocenters. The van der Waals surface area contributed by atoms with Gasteiger partial charge in [0.2, 0.25) is 6.54 Å². The second kappa shape index (κ2) is 8.36. The van der Waals surface area contributed by atoms with E-state index in [1.807, 2.05) is 0 Å². The molecule has 0 fully saturated rings. The molecule has 0 N–H and O–H groups in total. The molecular weight excluding hydrogens is 406 g/mol. The number of non-ortho nitro benzene ring substituents is 1. The SMILES string of the molecule is Cc1nnc(S[C@H](C[N+](=O)[O-])c2cccc([N+](=O)[O-])c2)n1-c1ccc(Cl)cc1. The molecule has 28 heavy (non-hydrogen) atoms. The van der Waals surface area contributed by atoms with Crippen molar-refractivity contribution in [1.82, 2.24) is 14.8 Å². The largest absolute Gasteiger partial charge is 0.274 e. The fourth-order valence-electron chi connectivity index (χ4n) is 2.62. The van der Waals surface area contributed by atoms with Crippen LogP contribution in [-0.2, 0) is 0 Å². The van der Waals surface area contributed by atoms with Gasteiger partial charge in [0.25, 0.3) is 5.69 Å². The first-order valence-corrected chi connectivity index (χ1v) is 9.31. The summed E-state index contributed by atoms with van der Waals surface area (Å²) in [5.74, 6) is 0.601. The smallest absolute Gasteiger partial charge is 0.269 e. The summed E-state index contributed by atoms with van der Waals surface area (Å²) in [5.41, 5.74) is 1.11. The Hall–Kier alpha value is -2.98. The third kappa shape index (κ3) is 4.46. The van der Waals surface area contributed by atoms with Crippen LogP contribution >= 0.6 is 23.4 Å². The maximum atomic E-state index is 11.2. The first-order valence-electron chi connectivity index (χ1n) is 8.06. The molecule has 3 aromatic rings. The van der Waals surface area contributed by atoms with Gasteiger partial charge in [-0.25, -0.2) is 0 Å². The second-order valence-electron chi connectivity index (χ2n) is 5.82. The molecule has 0 radical (unpaired) electrons. The lowest BCUT2D eigenvalue weighted by molar-refractivity contribution is -0.479. The zero-order valence-corrected chi connectivity index (χ0v) is 16.1. The van der Waals surface area contributed by atoms with Crippen molar-refractivity contribution in [3.8, 4) is 5.69 Å². The van der Waals surface area contributed by atoms with Crippen LogP contribution in [-0.4, -0.2) is 31.2 Å². The van der Waals surface area contributed by atoms with Crippen molar-refractivity contribution in [3.63, 3.8) is 0 Å². The van der Waals surface area contributed by atoms with Crippen LogP contribution in [0.2, 0.25) is 5.02 Å². The minimum Gasteiger partial charge on any atom is -0.274 e. The quantitative estimate of drug-likeness (QED) is 0.319. The van der Waals surface area contributed by atoms with E-state index in [4.69, 9.17) is 11.6 Å². The minimum absolute atomic E-state index is 0.123. The van der Waals surface area contributed by atoms with E-state index < -0.39 is 21.6 Å². The molecule has 9 nitrogen and oxygen atoms in total. The van der Waals surface area contributed by atoms with Gasteiger partial charge in [-0.05, 0) is 36.8 Å². The number of hydrogen-bond acceptors (Lipinski definition) is 7. The normalized spacial score (nSPS) is 11.9. The molecular formula is C17H14ClN5O4S. The Morgan fingerprint density at radius 2 is 1.86 bits per heavy atom. The number of nitro groups is 2. The highest BCUT2D eigenvalue weighted by atomic mass is 35.5. The summed E-state index contributed by atoms with van der Waals surface area (Å²) in [6.07, 6.45) is 0. The molecule has 0 amide bonds. The minimum atomic E-state index is -0.676. The Kier molecular flexibility index (Phi) is 5.90. The Morgan fingerprint density at radius 1 is 1.14 bits per heavy atom. The molecule has 2 aromatic carbocycles. The van der Waals surface area contributed by atoms with E-state index in [0.717, 1.165) is 17.4 Å². The van der Waals surface area contributed by atoms with E-state index >= 15 is 0 Å². The molecule has 0 saturated heterocycles. The van der Waals surface area contributed by atoms with Crippen LogP contribution in [0.25, 0.3) is 5.69 Å². The van der Waals surface area contributed by atoms with Crippen LogP contribution in [0.15, 0.2) is 53.7 Å². The fraction of sp³-hybridized carbons (Fsp3) is 0.176. The monoisotopic (exact) mass is 419 g/mol. The third-order valence-corrected chi connectivity index (χ3v) is 5.33. The van der Waals surface area contributed by atoms with Gasteiger partial charge in [-0.15, -0.1) is 10.2 Å². The van der Waals surface area contributed by atoms with Crippen molar-refractivity contribution >= 4 is 29.1 Å². The van der Waals surface area contributed by atoms with E-state index in [2.05, 4.69) is 10.2 Å². The molecule has 1 heterocycles. The Bertz CT molecular complexity index is 1020. The number of halogens is 1. The summed E-state index contributed by atoms with van der Waals surface area (Å²) in [6.45, 7) is 1.35. The Balaban J connectivity index is 1.99. The van der Waals surface area contributed by atoms with Crippen molar-refractivity contribution in [2.75, 3.05) is 6.54 Å². The van der Waals surface area contributed by atoms with Crippen LogP contribution < -0.4 is 0 Å². The predicted molar refractivity (Wildman–Crippen MR) is 105 cm³/mol. The summed E-state index contributed by atoms with van der Waals surface area (Å²) < 4.78 is 1.76. The van der Waals surface area contributed by atoms with Gasteiger partial charge in [0.05, 0.1) is 4.92 Å². The van der Waals surface area contributed by atoms with Gasteiger partial charge in [0.1, 0.15) is 11.1 Å². The zero-order valence-electron chi connectivity index (χ0n) is 14.6. The average molecular weight is 420 g/mol. The van der Waals surface area contributed by atoms with E-state index in [9.17, 15) is 20.2 Å². The molecule has 1 atom stereocenters. The second-order valence-corrected chi connectivity index (χ2v) is 7.42. The van der Waals surface area contributed by atoms with Crippen molar-refractivity contribution in [2.24, 2.45) is 0 Å². The van der Waals surface area contributed by atoms with Gasteiger partial charge in [-0.1, -0.05) is 35.5 Å². The van der Waals surface area contributed by atoms with Crippen LogP contribution in [0.3, 0.4) is 0 Å². The number of thioether (sulfide) groups is 1. The molecule has 0 bridgehead atoms.